The van der Waals surface area contributed by atoms with Crippen molar-refractivity contribution in [1.82, 2.24) is 10.3 Å². The molecule has 8 heteroatoms. The highest BCUT2D eigenvalue weighted by Crippen LogP contribution is 2.76. The van der Waals surface area contributed by atoms with Crippen LogP contribution in [0, 0.1) is 56.2 Å². The number of nitrogens with one attached hydrogen (secondary N) is 1. The van der Waals surface area contributed by atoms with E-state index in [4.69, 9.17) is 4.74 Å². The molecule has 1 aromatic rings. The smallest absolute Gasteiger partial charge is 0.309 e. The topological polar surface area (TPSA) is 123 Å². The number of nitrogens with zero attached hydrogens (tertiary/aromatic N) is 1. The maximum atomic E-state index is 14.4. The van der Waals surface area contributed by atoms with Crippen molar-refractivity contribution >= 4 is 23.5 Å². The average Bonchev–Trinajstić information content (AvgIpc) is 3.36. The minimum atomic E-state index is -1.17. The molecular weight excluding hydrogens is 640 g/mol. The van der Waals surface area contributed by atoms with Gasteiger partial charge in [-0.15, -0.1) is 0 Å². The van der Waals surface area contributed by atoms with Crippen LogP contribution in [0.4, 0.5) is 0 Å². The summed E-state index contributed by atoms with van der Waals surface area (Å²) in [5.74, 6) is 0.0164. The van der Waals surface area contributed by atoms with E-state index in [1.165, 1.54) is 5.57 Å². The Morgan fingerprint density at radius 1 is 0.980 bits per heavy atom. The number of carboxylic acids is 1. The fourth-order valence-corrected chi connectivity index (χ4v) is 12.8. The zero-order chi connectivity index (χ0) is 37.4. The molecule has 1 heterocycles. The van der Waals surface area contributed by atoms with Gasteiger partial charge >= 0.3 is 11.9 Å². The summed E-state index contributed by atoms with van der Waals surface area (Å²) in [5, 5.41) is 13.0. The lowest BCUT2D eigenvalue weighted by molar-refractivity contribution is -0.233. The molecule has 0 amide bonds. The number of hydrogen-bond acceptors (Lipinski definition) is 7. The highest BCUT2D eigenvalue weighted by molar-refractivity contribution is 6.07. The maximum absolute atomic E-state index is 14.4. The number of carbonyl (C=O) groups is 4. The van der Waals surface area contributed by atoms with Crippen molar-refractivity contribution in [3.8, 4) is 0 Å². The molecule has 5 aliphatic carbocycles. The lowest BCUT2D eigenvalue weighted by atomic mass is 9.33. The molecule has 0 spiro atoms. The number of hydrogen-bond donors (Lipinski definition) is 2. The number of aromatic nitrogens is 1. The van der Waals surface area contributed by atoms with Crippen LogP contribution in [0.25, 0.3) is 0 Å². The van der Waals surface area contributed by atoms with Crippen molar-refractivity contribution in [3.05, 3.63) is 41.2 Å². The third-order valence-corrected chi connectivity index (χ3v) is 15.7. The standard InChI is InChI=1S/C43H62N2O6/c1-26(2)35-29(46)21-43(32(47)25-45-24-27-11-10-20-44-23-27)19-18-41(8)28(36(35)43)12-13-31-40(7)16-15-33(51-34(48)22-38(3,4)37(49)50)39(5,6)30(40)14-17-42(31,41)9/h10-11,20,23,26,28,30-31,33,45H,12-19,21-22,24-25H2,1-9H3,(H,49,50). The molecule has 1 aromatic heterocycles. The summed E-state index contributed by atoms with van der Waals surface area (Å²) in [6, 6.07) is 3.91. The highest BCUT2D eigenvalue weighted by atomic mass is 16.5. The van der Waals surface area contributed by atoms with Crippen LogP contribution in [0.5, 0.6) is 0 Å². The molecule has 0 aromatic carbocycles. The number of pyridine rings is 1. The van der Waals surface area contributed by atoms with Gasteiger partial charge in [-0.3, -0.25) is 24.2 Å². The number of Topliss-reactive ketones (excluding diaryl/α,β-unsaturated/α-hetero) is 2. The summed E-state index contributed by atoms with van der Waals surface area (Å²) >= 11 is 0. The summed E-state index contributed by atoms with van der Waals surface area (Å²) in [6.45, 7) is 20.3. The molecule has 8 nitrogen and oxygen atoms in total. The second-order valence-electron chi connectivity index (χ2n) is 19.4. The Balaban J connectivity index is 1.27. The predicted octanol–water partition coefficient (Wildman–Crippen LogP) is 8.13. The Morgan fingerprint density at radius 2 is 1.71 bits per heavy atom. The Morgan fingerprint density at radius 3 is 2.35 bits per heavy atom. The quantitative estimate of drug-likeness (QED) is 0.235. The third-order valence-electron chi connectivity index (χ3n) is 15.7. The minimum Gasteiger partial charge on any atom is -0.481 e. The molecule has 6 rings (SSSR count). The monoisotopic (exact) mass is 702 g/mol. The Bertz CT molecular complexity index is 1610. The SMILES string of the molecule is CC(C)C1=C2C3CCC4C5(C)CCC(OC(=O)CC(C)(C)C(=O)O)C(C)(C)C5CCC4(C)C3(C)CCC2(C(=O)CNCc2cccnc2)CC1=O. The number of allylic oxidation sites excluding steroid dienone is 2. The predicted molar refractivity (Wildman–Crippen MR) is 196 cm³/mol. The van der Waals surface area contributed by atoms with E-state index in [1.807, 2.05) is 18.3 Å². The van der Waals surface area contributed by atoms with Crippen LogP contribution in [0.1, 0.15) is 132 Å². The van der Waals surface area contributed by atoms with E-state index in [-0.39, 0.29) is 64.1 Å². The Labute approximate surface area is 305 Å². The van der Waals surface area contributed by atoms with Crippen molar-refractivity contribution in [1.29, 1.82) is 0 Å². The molecule has 5 aliphatic rings. The molecule has 0 radical (unpaired) electrons. The number of aliphatic carboxylic acids is 1. The first-order chi connectivity index (χ1) is 23.7. The first-order valence-corrected chi connectivity index (χ1v) is 19.6. The van der Waals surface area contributed by atoms with E-state index in [9.17, 15) is 24.3 Å². The minimum absolute atomic E-state index is 0.0285. The summed E-state index contributed by atoms with van der Waals surface area (Å²) in [7, 11) is 0. The van der Waals surface area contributed by atoms with Gasteiger partial charge in [0.05, 0.1) is 23.8 Å². The zero-order valence-corrected chi connectivity index (χ0v) is 32.6. The lowest BCUT2D eigenvalue weighted by Gasteiger charge is -2.72. The molecule has 4 fully saturated rings. The third kappa shape index (κ3) is 5.85. The first kappa shape index (κ1) is 37.9. The van der Waals surface area contributed by atoms with Gasteiger partial charge in [0.1, 0.15) is 6.10 Å². The number of ketones is 2. The number of fused-ring (bicyclic) bond motifs is 7. The molecule has 4 saturated carbocycles. The lowest BCUT2D eigenvalue weighted by Crippen LogP contribution is -2.66. The molecular formula is C43H62N2O6. The summed E-state index contributed by atoms with van der Waals surface area (Å²) in [6.07, 6.45) is 11.0. The molecule has 8 atom stereocenters. The van der Waals surface area contributed by atoms with E-state index in [1.54, 1.807) is 20.0 Å². The summed E-state index contributed by atoms with van der Waals surface area (Å²) in [5.41, 5.74) is 1.05. The second kappa shape index (κ2) is 12.9. The number of rotatable bonds is 10. The van der Waals surface area contributed by atoms with E-state index in [0.717, 1.165) is 62.5 Å². The molecule has 8 unspecified atom stereocenters. The van der Waals surface area contributed by atoms with Crippen molar-refractivity contribution in [2.75, 3.05) is 6.54 Å². The molecule has 0 bridgehead atoms. The molecule has 2 N–H and O–H groups in total. The number of esters is 1. The van der Waals surface area contributed by atoms with E-state index < -0.39 is 22.8 Å². The Hall–Kier alpha value is -2.87. The summed E-state index contributed by atoms with van der Waals surface area (Å²) in [4.78, 5) is 57.4. The largest absolute Gasteiger partial charge is 0.481 e. The van der Waals surface area contributed by atoms with Crippen LogP contribution >= 0.6 is 0 Å². The van der Waals surface area contributed by atoms with Gasteiger partial charge in [-0.25, -0.2) is 0 Å². The van der Waals surface area contributed by atoms with Gasteiger partial charge in [-0.1, -0.05) is 54.5 Å². The van der Waals surface area contributed by atoms with Crippen LogP contribution in [0.15, 0.2) is 35.7 Å². The van der Waals surface area contributed by atoms with Crippen molar-refractivity contribution < 1.29 is 29.0 Å². The second-order valence-corrected chi connectivity index (χ2v) is 19.4. The highest BCUT2D eigenvalue weighted by Gasteiger charge is 2.71. The zero-order valence-electron chi connectivity index (χ0n) is 32.6. The summed E-state index contributed by atoms with van der Waals surface area (Å²) < 4.78 is 6.15. The molecule has 280 valence electrons. The van der Waals surface area contributed by atoms with Crippen LogP contribution in [-0.4, -0.2) is 46.2 Å². The number of carbonyl (C=O) groups excluding carboxylic acids is 3. The van der Waals surface area contributed by atoms with Gasteiger partial charge < -0.3 is 15.2 Å². The maximum Gasteiger partial charge on any atom is 0.309 e. The van der Waals surface area contributed by atoms with Crippen LogP contribution in [0.2, 0.25) is 0 Å². The first-order valence-electron chi connectivity index (χ1n) is 19.6. The fraction of sp³-hybridized carbons (Fsp3) is 0.744. The van der Waals surface area contributed by atoms with Gasteiger partial charge in [-0.05, 0) is 128 Å². The fourth-order valence-electron chi connectivity index (χ4n) is 12.8. The van der Waals surface area contributed by atoms with Gasteiger partial charge in [-0.2, -0.15) is 0 Å². The van der Waals surface area contributed by atoms with Gasteiger partial charge in [0, 0.05) is 30.8 Å². The van der Waals surface area contributed by atoms with Crippen molar-refractivity contribution in [2.24, 2.45) is 56.2 Å². The van der Waals surface area contributed by atoms with E-state index >= 15 is 0 Å². The Kier molecular flexibility index (Phi) is 9.59. The van der Waals surface area contributed by atoms with Crippen molar-refractivity contribution in [2.45, 2.75) is 139 Å². The van der Waals surface area contributed by atoms with E-state index in [2.05, 4.69) is 58.8 Å². The molecule has 0 saturated heterocycles. The molecule has 51 heavy (non-hydrogen) atoms. The van der Waals surface area contributed by atoms with Crippen LogP contribution in [0.3, 0.4) is 0 Å². The number of carboxylic acid groups (broad SMARTS) is 1. The van der Waals surface area contributed by atoms with E-state index in [0.29, 0.717) is 24.8 Å². The van der Waals surface area contributed by atoms with Gasteiger partial charge in [0.2, 0.25) is 0 Å². The van der Waals surface area contributed by atoms with Crippen LogP contribution < -0.4 is 5.32 Å². The van der Waals surface area contributed by atoms with Crippen molar-refractivity contribution in [3.63, 3.8) is 0 Å². The normalized spacial score (nSPS) is 37.3. The van der Waals surface area contributed by atoms with Gasteiger partial charge in [0.15, 0.2) is 11.6 Å². The van der Waals surface area contributed by atoms with Gasteiger partial charge in [0.25, 0.3) is 0 Å². The van der Waals surface area contributed by atoms with Crippen LogP contribution in [-0.2, 0) is 30.5 Å². The number of ether oxygens (including phenoxy) is 1. The molecule has 0 aliphatic heterocycles. The average molecular weight is 703 g/mol.